The third-order valence-corrected chi connectivity index (χ3v) is 6.50. The van der Waals surface area contributed by atoms with Gasteiger partial charge in [-0.1, -0.05) is 32.1 Å². The van der Waals surface area contributed by atoms with E-state index in [1.807, 2.05) is 0 Å². The summed E-state index contributed by atoms with van der Waals surface area (Å²) in [6.07, 6.45) is 8.50. The van der Waals surface area contributed by atoms with Crippen molar-refractivity contribution in [3.63, 3.8) is 0 Å². The molecule has 1 saturated heterocycles. The number of hydrogen-bond acceptors (Lipinski definition) is 4. The highest BCUT2D eigenvalue weighted by molar-refractivity contribution is 6.19. The Bertz CT molecular complexity index is 590. The Labute approximate surface area is 148 Å². The van der Waals surface area contributed by atoms with E-state index in [0.717, 1.165) is 67.6 Å². The molecule has 4 amide bonds. The Morgan fingerprint density at radius 2 is 1.52 bits per heavy atom. The van der Waals surface area contributed by atoms with E-state index in [-0.39, 0.29) is 24.2 Å². The van der Waals surface area contributed by atoms with Gasteiger partial charge in [0, 0.05) is 13.0 Å². The Hall–Kier alpha value is -1.72. The van der Waals surface area contributed by atoms with E-state index in [0.29, 0.717) is 0 Å². The monoisotopic (exact) mass is 348 g/mol. The lowest BCUT2D eigenvalue weighted by molar-refractivity contribution is -0.162. The van der Waals surface area contributed by atoms with Gasteiger partial charge in [0.25, 0.3) is 0 Å². The van der Waals surface area contributed by atoms with Gasteiger partial charge in [-0.2, -0.15) is 0 Å². The van der Waals surface area contributed by atoms with Gasteiger partial charge in [0.15, 0.2) is 5.78 Å². The summed E-state index contributed by atoms with van der Waals surface area (Å²) in [4.78, 5) is 53.1. The third-order valence-electron chi connectivity index (χ3n) is 6.50. The van der Waals surface area contributed by atoms with Gasteiger partial charge >= 0.3 is 6.03 Å². The average molecular weight is 348 g/mol. The first-order chi connectivity index (χ1) is 11.9. The molecular weight excluding hydrogens is 320 g/mol. The van der Waals surface area contributed by atoms with Gasteiger partial charge < -0.3 is 0 Å². The van der Waals surface area contributed by atoms with Crippen molar-refractivity contribution in [2.24, 2.45) is 17.3 Å². The quantitative estimate of drug-likeness (QED) is 0.732. The Kier molecular flexibility index (Phi) is 4.98. The molecule has 25 heavy (non-hydrogen) atoms. The summed E-state index contributed by atoms with van der Waals surface area (Å²) in [6, 6.07) is -0.658. The number of barbiturate groups is 1. The zero-order valence-corrected chi connectivity index (χ0v) is 15.3. The summed E-state index contributed by atoms with van der Waals surface area (Å²) in [6.45, 7) is 1.47. The predicted molar refractivity (Wildman–Crippen MR) is 91.5 cm³/mol. The van der Waals surface area contributed by atoms with Crippen LogP contribution in [0.2, 0.25) is 0 Å². The van der Waals surface area contributed by atoms with E-state index < -0.39 is 23.3 Å². The lowest BCUT2D eigenvalue weighted by Crippen LogP contribution is -2.65. The van der Waals surface area contributed by atoms with E-state index in [1.54, 1.807) is 6.92 Å². The SMILES string of the molecule is CN1C(=O)N(CC(=O)C2CCCCC2)C(=O)C(C)(C2CCCC2)C1=O. The van der Waals surface area contributed by atoms with Crippen molar-refractivity contribution in [3.05, 3.63) is 0 Å². The van der Waals surface area contributed by atoms with Gasteiger partial charge in [0.1, 0.15) is 5.41 Å². The van der Waals surface area contributed by atoms with E-state index in [4.69, 9.17) is 0 Å². The largest absolute Gasteiger partial charge is 0.333 e. The topological polar surface area (TPSA) is 74.8 Å². The van der Waals surface area contributed by atoms with Crippen molar-refractivity contribution < 1.29 is 19.2 Å². The molecule has 1 atom stereocenters. The molecule has 6 heteroatoms. The first kappa shape index (κ1) is 18.1. The van der Waals surface area contributed by atoms with Crippen LogP contribution in [0.15, 0.2) is 0 Å². The molecular formula is C19H28N2O4. The highest BCUT2D eigenvalue weighted by Crippen LogP contribution is 2.44. The number of urea groups is 1. The summed E-state index contributed by atoms with van der Waals surface area (Å²) in [7, 11) is 1.42. The van der Waals surface area contributed by atoms with Gasteiger partial charge in [-0.25, -0.2) is 4.79 Å². The lowest BCUT2D eigenvalue weighted by Gasteiger charge is -2.44. The molecule has 1 heterocycles. The molecule has 3 fully saturated rings. The second kappa shape index (κ2) is 6.89. The number of rotatable bonds is 4. The first-order valence-electron chi connectivity index (χ1n) is 9.54. The van der Waals surface area contributed by atoms with Gasteiger partial charge in [-0.3, -0.25) is 24.2 Å². The molecule has 1 aliphatic heterocycles. The molecule has 0 aromatic rings. The molecule has 1 unspecified atom stereocenters. The zero-order chi connectivity index (χ0) is 18.2. The van der Waals surface area contributed by atoms with Crippen LogP contribution in [0.25, 0.3) is 0 Å². The maximum absolute atomic E-state index is 13.1. The molecule has 0 bridgehead atoms. The fourth-order valence-electron chi connectivity index (χ4n) is 4.78. The number of carbonyl (C=O) groups excluding carboxylic acids is 4. The summed E-state index contributed by atoms with van der Waals surface area (Å²) < 4.78 is 0. The minimum atomic E-state index is -1.22. The summed E-state index contributed by atoms with van der Waals surface area (Å²) in [5, 5.41) is 0. The predicted octanol–water partition coefficient (Wildman–Crippen LogP) is 2.75. The van der Waals surface area contributed by atoms with Crippen LogP contribution < -0.4 is 0 Å². The molecule has 0 aromatic heterocycles. The van der Waals surface area contributed by atoms with Crippen LogP contribution in [-0.4, -0.2) is 47.0 Å². The van der Waals surface area contributed by atoms with E-state index in [9.17, 15) is 19.2 Å². The Morgan fingerprint density at radius 3 is 2.12 bits per heavy atom. The van der Waals surface area contributed by atoms with Crippen molar-refractivity contribution in [2.75, 3.05) is 13.6 Å². The molecule has 0 radical (unpaired) electrons. The van der Waals surface area contributed by atoms with Crippen molar-refractivity contribution in [3.8, 4) is 0 Å². The van der Waals surface area contributed by atoms with Gasteiger partial charge in [-0.05, 0) is 38.5 Å². The Balaban J connectivity index is 1.82. The van der Waals surface area contributed by atoms with Crippen LogP contribution in [0, 0.1) is 17.3 Å². The standard InChI is InChI=1S/C19H28N2O4/c1-19(14-10-6-7-11-14)16(23)20(2)18(25)21(17(19)24)12-15(22)13-8-4-3-5-9-13/h13-14H,3-12H2,1-2H3. The summed E-state index contributed by atoms with van der Waals surface area (Å²) >= 11 is 0. The van der Waals surface area contributed by atoms with Crippen LogP contribution in [0.4, 0.5) is 4.79 Å². The molecule has 2 aliphatic carbocycles. The molecule has 3 aliphatic rings. The second-order valence-corrected chi connectivity index (χ2v) is 8.02. The molecule has 0 N–H and O–H groups in total. The molecule has 3 rings (SSSR count). The fraction of sp³-hybridized carbons (Fsp3) is 0.789. The van der Waals surface area contributed by atoms with E-state index in [1.165, 1.54) is 7.05 Å². The number of imide groups is 2. The van der Waals surface area contributed by atoms with E-state index in [2.05, 4.69) is 0 Å². The van der Waals surface area contributed by atoms with Gasteiger partial charge in [0.05, 0.1) is 6.54 Å². The second-order valence-electron chi connectivity index (χ2n) is 8.02. The summed E-state index contributed by atoms with van der Waals surface area (Å²) in [5.74, 6) is -1.05. The van der Waals surface area contributed by atoms with Crippen molar-refractivity contribution >= 4 is 23.6 Å². The highest BCUT2D eigenvalue weighted by atomic mass is 16.2. The van der Waals surface area contributed by atoms with Crippen LogP contribution in [0.3, 0.4) is 0 Å². The molecule has 0 spiro atoms. The smallest absolute Gasteiger partial charge is 0.297 e. The molecule has 6 nitrogen and oxygen atoms in total. The normalized spacial score (nSPS) is 29.6. The number of hydrogen-bond donors (Lipinski definition) is 0. The third kappa shape index (κ3) is 3.00. The maximum Gasteiger partial charge on any atom is 0.333 e. The van der Waals surface area contributed by atoms with Crippen molar-refractivity contribution in [2.45, 2.75) is 64.7 Å². The van der Waals surface area contributed by atoms with Crippen LogP contribution in [-0.2, 0) is 14.4 Å². The van der Waals surface area contributed by atoms with E-state index >= 15 is 0 Å². The van der Waals surface area contributed by atoms with Crippen LogP contribution in [0.5, 0.6) is 0 Å². The van der Waals surface area contributed by atoms with Gasteiger partial charge in [0.2, 0.25) is 11.8 Å². The number of carbonyl (C=O) groups is 4. The van der Waals surface area contributed by atoms with Crippen molar-refractivity contribution in [1.82, 2.24) is 9.80 Å². The average Bonchev–Trinajstić information content (AvgIpc) is 3.17. The zero-order valence-electron chi connectivity index (χ0n) is 15.3. The van der Waals surface area contributed by atoms with Crippen LogP contribution >= 0.6 is 0 Å². The number of nitrogens with zero attached hydrogens (tertiary/aromatic N) is 2. The Morgan fingerprint density at radius 1 is 0.960 bits per heavy atom. The minimum absolute atomic E-state index is 0.0436. The first-order valence-corrected chi connectivity index (χ1v) is 9.54. The lowest BCUT2D eigenvalue weighted by atomic mass is 9.72. The molecule has 138 valence electrons. The van der Waals surface area contributed by atoms with Crippen LogP contribution in [0.1, 0.15) is 64.7 Å². The van der Waals surface area contributed by atoms with Gasteiger partial charge in [-0.15, -0.1) is 0 Å². The fourth-order valence-corrected chi connectivity index (χ4v) is 4.78. The number of amides is 4. The minimum Gasteiger partial charge on any atom is -0.297 e. The maximum atomic E-state index is 13.1. The molecule has 2 saturated carbocycles. The van der Waals surface area contributed by atoms with Crippen molar-refractivity contribution in [1.29, 1.82) is 0 Å². The number of ketones is 1. The summed E-state index contributed by atoms with van der Waals surface area (Å²) in [5.41, 5.74) is -1.22. The number of Topliss-reactive ketones (excluding diaryl/α,β-unsaturated/α-hetero) is 1. The molecule has 0 aromatic carbocycles. The highest BCUT2D eigenvalue weighted by Gasteiger charge is 2.57.